The lowest BCUT2D eigenvalue weighted by Gasteiger charge is -2.50. The van der Waals surface area contributed by atoms with Crippen molar-refractivity contribution in [2.45, 2.75) is 70.4 Å². The van der Waals surface area contributed by atoms with Crippen molar-refractivity contribution in [3.8, 4) is 0 Å². The highest BCUT2D eigenvalue weighted by atomic mass is 16.5. The van der Waals surface area contributed by atoms with Crippen LogP contribution in [0.1, 0.15) is 58.3 Å². The molecule has 1 aliphatic heterocycles. The van der Waals surface area contributed by atoms with Crippen molar-refractivity contribution < 1.29 is 9.53 Å². The molecule has 0 radical (unpaired) electrons. The Morgan fingerprint density at radius 1 is 1.00 bits per heavy atom. The van der Waals surface area contributed by atoms with Gasteiger partial charge in [0.1, 0.15) is 6.10 Å². The zero-order valence-electron chi connectivity index (χ0n) is 12.1. The summed E-state index contributed by atoms with van der Waals surface area (Å²) in [4.78, 5) is 14.1. The normalized spacial score (nSPS) is 39.8. The number of nitrogens with zero attached hydrogens (tertiary/aromatic N) is 1. The van der Waals surface area contributed by atoms with E-state index in [1.807, 2.05) is 0 Å². The number of piperidine rings is 1. The van der Waals surface area contributed by atoms with E-state index in [0.717, 1.165) is 0 Å². The standard InChI is InChI=1S/C16H27NO2/c1-12(18)19-16-13-6-5-7-14(16)15(9-8-13)17-10-3-2-4-11-17/h13-16H,2-11H2,1H3/t13-,14-,15-,16+/m0/s1. The van der Waals surface area contributed by atoms with Crippen LogP contribution in [0.5, 0.6) is 0 Å². The number of hydrogen-bond donors (Lipinski definition) is 0. The average molecular weight is 265 g/mol. The monoisotopic (exact) mass is 265 g/mol. The molecular formula is C16H27NO2. The molecule has 3 fully saturated rings. The van der Waals surface area contributed by atoms with Crippen LogP contribution in [-0.4, -0.2) is 36.1 Å². The van der Waals surface area contributed by atoms with Crippen LogP contribution in [0.25, 0.3) is 0 Å². The minimum Gasteiger partial charge on any atom is -0.462 e. The number of rotatable bonds is 2. The van der Waals surface area contributed by atoms with Crippen LogP contribution < -0.4 is 0 Å². The quantitative estimate of drug-likeness (QED) is 0.719. The van der Waals surface area contributed by atoms with E-state index in [4.69, 9.17) is 4.74 Å². The Labute approximate surface area is 116 Å². The van der Waals surface area contributed by atoms with Crippen LogP contribution in [-0.2, 0) is 9.53 Å². The van der Waals surface area contributed by atoms with Crippen molar-refractivity contribution in [3.05, 3.63) is 0 Å². The van der Waals surface area contributed by atoms with E-state index in [0.29, 0.717) is 17.9 Å². The number of likely N-dealkylation sites (tertiary alicyclic amines) is 1. The molecule has 108 valence electrons. The lowest BCUT2D eigenvalue weighted by molar-refractivity contribution is -0.162. The fourth-order valence-electron chi connectivity index (χ4n) is 4.69. The average Bonchev–Trinajstić information content (AvgIpc) is 2.39. The van der Waals surface area contributed by atoms with Gasteiger partial charge in [-0.15, -0.1) is 0 Å². The maximum atomic E-state index is 11.4. The van der Waals surface area contributed by atoms with Gasteiger partial charge in [-0.05, 0) is 57.5 Å². The van der Waals surface area contributed by atoms with Crippen molar-refractivity contribution in [2.24, 2.45) is 11.8 Å². The minimum atomic E-state index is -0.0822. The summed E-state index contributed by atoms with van der Waals surface area (Å²) >= 11 is 0. The van der Waals surface area contributed by atoms with Gasteiger partial charge in [-0.25, -0.2) is 0 Å². The number of carbonyl (C=O) groups excluding carboxylic acids is 1. The highest BCUT2D eigenvalue weighted by Crippen LogP contribution is 2.44. The predicted molar refractivity (Wildman–Crippen MR) is 74.8 cm³/mol. The van der Waals surface area contributed by atoms with Gasteiger partial charge in [0.15, 0.2) is 0 Å². The van der Waals surface area contributed by atoms with Crippen molar-refractivity contribution in [3.63, 3.8) is 0 Å². The maximum absolute atomic E-state index is 11.4. The summed E-state index contributed by atoms with van der Waals surface area (Å²) in [5, 5.41) is 0. The summed E-state index contributed by atoms with van der Waals surface area (Å²) in [6, 6.07) is 0.682. The van der Waals surface area contributed by atoms with Crippen LogP contribution in [0, 0.1) is 11.8 Å². The summed E-state index contributed by atoms with van der Waals surface area (Å²) in [5.41, 5.74) is 0. The van der Waals surface area contributed by atoms with E-state index in [2.05, 4.69) is 4.90 Å². The Morgan fingerprint density at radius 2 is 1.79 bits per heavy atom. The molecule has 19 heavy (non-hydrogen) atoms. The minimum absolute atomic E-state index is 0.0822. The van der Waals surface area contributed by atoms with Gasteiger partial charge < -0.3 is 4.74 Å². The van der Waals surface area contributed by atoms with E-state index in [1.54, 1.807) is 6.92 Å². The van der Waals surface area contributed by atoms with Gasteiger partial charge in [0.25, 0.3) is 0 Å². The van der Waals surface area contributed by atoms with E-state index in [-0.39, 0.29) is 12.1 Å². The molecule has 0 amide bonds. The van der Waals surface area contributed by atoms with Crippen LogP contribution in [0.15, 0.2) is 0 Å². The molecule has 3 rings (SSSR count). The Kier molecular flexibility index (Phi) is 4.11. The first-order chi connectivity index (χ1) is 9.25. The first-order valence-electron chi connectivity index (χ1n) is 8.17. The van der Waals surface area contributed by atoms with Gasteiger partial charge >= 0.3 is 5.97 Å². The molecule has 2 bridgehead atoms. The number of hydrogen-bond acceptors (Lipinski definition) is 3. The molecule has 2 saturated carbocycles. The van der Waals surface area contributed by atoms with Gasteiger partial charge in [-0.2, -0.15) is 0 Å². The SMILES string of the molecule is CC(=O)O[C@@H]1[C@H]2CCC[C@H]1[C@@H](N1CCCCC1)CC2. The molecule has 3 heteroatoms. The zero-order chi connectivity index (χ0) is 13.2. The molecule has 0 spiro atoms. The molecule has 0 aromatic rings. The first kappa shape index (κ1) is 13.4. The molecule has 0 unspecified atom stereocenters. The van der Waals surface area contributed by atoms with Gasteiger partial charge in [-0.3, -0.25) is 9.69 Å². The molecule has 1 heterocycles. The molecule has 4 atom stereocenters. The second-order valence-electron chi connectivity index (χ2n) is 6.67. The van der Waals surface area contributed by atoms with Gasteiger partial charge in [0, 0.05) is 18.9 Å². The van der Waals surface area contributed by atoms with Crippen LogP contribution in [0.3, 0.4) is 0 Å². The van der Waals surface area contributed by atoms with Gasteiger partial charge in [0.05, 0.1) is 0 Å². The van der Waals surface area contributed by atoms with E-state index >= 15 is 0 Å². The lowest BCUT2D eigenvalue weighted by Crippen LogP contribution is -2.54. The topological polar surface area (TPSA) is 29.5 Å². The largest absolute Gasteiger partial charge is 0.462 e. The lowest BCUT2D eigenvalue weighted by atomic mass is 9.67. The van der Waals surface area contributed by atoms with Crippen molar-refractivity contribution in [2.75, 3.05) is 13.1 Å². The molecule has 0 aromatic heterocycles. The fraction of sp³-hybridized carbons (Fsp3) is 0.938. The molecular weight excluding hydrogens is 238 g/mol. The number of esters is 1. The second kappa shape index (κ2) is 5.82. The smallest absolute Gasteiger partial charge is 0.302 e. The highest BCUT2D eigenvalue weighted by molar-refractivity contribution is 5.66. The van der Waals surface area contributed by atoms with Crippen molar-refractivity contribution in [1.29, 1.82) is 0 Å². The van der Waals surface area contributed by atoms with Crippen LogP contribution >= 0.6 is 0 Å². The summed E-state index contributed by atoms with van der Waals surface area (Å²) in [7, 11) is 0. The Balaban J connectivity index is 1.72. The van der Waals surface area contributed by atoms with Crippen molar-refractivity contribution >= 4 is 5.97 Å². The second-order valence-corrected chi connectivity index (χ2v) is 6.67. The summed E-state index contributed by atoms with van der Waals surface area (Å²) in [5.74, 6) is 1.17. The van der Waals surface area contributed by atoms with Crippen LogP contribution in [0.2, 0.25) is 0 Å². The third kappa shape index (κ3) is 2.81. The molecule has 2 aliphatic carbocycles. The highest BCUT2D eigenvalue weighted by Gasteiger charge is 2.45. The molecule has 3 aliphatic rings. The number of carbonyl (C=O) groups is 1. The summed E-state index contributed by atoms with van der Waals surface area (Å²) < 4.78 is 5.71. The number of ether oxygens (including phenoxy) is 1. The molecule has 0 aromatic carbocycles. The summed E-state index contributed by atoms with van der Waals surface area (Å²) in [6.07, 6.45) is 10.8. The van der Waals surface area contributed by atoms with Crippen LogP contribution in [0.4, 0.5) is 0 Å². The molecule has 1 saturated heterocycles. The Bertz CT molecular complexity index is 325. The predicted octanol–water partition coefficient (Wildman–Crippen LogP) is 2.98. The molecule has 3 nitrogen and oxygen atoms in total. The summed E-state index contributed by atoms with van der Waals surface area (Å²) in [6.45, 7) is 4.09. The Hall–Kier alpha value is -0.570. The van der Waals surface area contributed by atoms with Crippen molar-refractivity contribution in [1.82, 2.24) is 4.90 Å². The van der Waals surface area contributed by atoms with E-state index in [1.165, 1.54) is 64.5 Å². The van der Waals surface area contributed by atoms with E-state index < -0.39 is 0 Å². The molecule has 0 N–H and O–H groups in total. The zero-order valence-corrected chi connectivity index (χ0v) is 12.1. The van der Waals surface area contributed by atoms with Gasteiger partial charge in [-0.1, -0.05) is 12.8 Å². The maximum Gasteiger partial charge on any atom is 0.302 e. The Morgan fingerprint density at radius 3 is 2.53 bits per heavy atom. The first-order valence-corrected chi connectivity index (χ1v) is 8.17. The van der Waals surface area contributed by atoms with Gasteiger partial charge in [0.2, 0.25) is 0 Å². The third-order valence-electron chi connectivity index (χ3n) is 5.49. The van der Waals surface area contributed by atoms with E-state index in [9.17, 15) is 4.79 Å². The fourth-order valence-corrected chi connectivity index (χ4v) is 4.69. The third-order valence-corrected chi connectivity index (χ3v) is 5.49. The number of fused-ring (bicyclic) bond motifs is 2.